The second-order valence-electron chi connectivity index (χ2n) is 4.76. The number of benzene rings is 1. The van der Waals surface area contributed by atoms with E-state index in [0.717, 1.165) is 22.3 Å². The van der Waals surface area contributed by atoms with E-state index in [2.05, 4.69) is 25.5 Å². The van der Waals surface area contributed by atoms with Gasteiger partial charge < -0.3 is 4.98 Å². The largest absolute Gasteiger partial charge is 0.301 e. The van der Waals surface area contributed by atoms with Crippen molar-refractivity contribution >= 4 is 34.1 Å². The highest BCUT2D eigenvalue weighted by molar-refractivity contribution is 7.99. The summed E-state index contributed by atoms with van der Waals surface area (Å²) in [7, 11) is 0. The topological polar surface area (TPSA) is 101 Å². The van der Waals surface area contributed by atoms with Crippen molar-refractivity contribution < 1.29 is 4.79 Å². The van der Waals surface area contributed by atoms with Crippen LogP contribution in [-0.4, -0.2) is 31.8 Å². The minimum absolute atomic E-state index is 0.111. The molecule has 0 fully saturated rings. The Hall–Kier alpha value is -2.52. The molecule has 1 aromatic carbocycles. The van der Waals surface area contributed by atoms with Crippen molar-refractivity contribution in [1.29, 1.82) is 0 Å². The highest BCUT2D eigenvalue weighted by Crippen LogP contribution is 2.19. The Labute approximate surface area is 145 Å². The first kappa shape index (κ1) is 16.3. The summed E-state index contributed by atoms with van der Waals surface area (Å²) >= 11 is 2.46. The van der Waals surface area contributed by atoms with Gasteiger partial charge >= 0.3 is 0 Å². The summed E-state index contributed by atoms with van der Waals surface area (Å²) in [6, 6.07) is 10.8. The molecule has 7 nitrogen and oxygen atoms in total. The van der Waals surface area contributed by atoms with Crippen LogP contribution in [0.5, 0.6) is 0 Å². The van der Waals surface area contributed by atoms with Crippen molar-refractivity contribution in [2.45, 2.75) is 12.1 Å². The number of H-pyrrole nitrogens is 1. The van der Waals surface area contributed by atoms with Crippen molar-refractivity contribution in [2.75, 3.05) is 11.1 Å². The number of carbonyl (C=O) groups excluding carboxylic acids is 1. The van der Waals surface area contributed by atoms with E-state index >= 15 is 0 Å². The molecule has 0 aliphatic rings. The van der Waals surface area contributed by atoms with Crippen LogP contribution in [0.4, 0.5) is 5.13 Å². The van der Waals surface area contributed by atoms with Gasteiger partial charge in [0.1, 0.15) is 5.01 Å². The lowest BCUT2D eigenvalue weighted by atomic mass is 10.1. The number of hydrogen-bond donors (Lipinski definition) is 2. The molecule has 9 heteroatoms. The number of rotatable bonds is 5. The van der Waals surface area contributed by atoms with Crippen LogP contribution in [0.1, 0.15) is 5.01 Å². The maximum absolute atomic E-state index is 11.9. The molecule has 0 saturated heterocycles. The van der Waals surface area contributed by atoms with Crippen LogP contribution in [-0.2, 0) is 4.79 Å². The highest BCUT2D eigenvalue weighted by Gasteiger charge is 2.09. The second kappa shape index (κ2) is 7.37. The van der Waals surface area contributed by atoms with Gasteiger partial charge in [-0.2, -0.15) is 0 Å². The first-order valence-corrected chi connectivity index (χ1v) is 8.80. The summed E-state index contributed by atoms with van der Waals surface area (Å²) in [6.07, 6.45) is 0. The van der Waals surface area contributed by atoms with Gasteiger partial charge in [0.2, 0.25) is 11.0 Å². The summed E-state index contributed by atoms with van der Waals surface area (Å²) in [5.74, 6) is -0.122. The van der Waals surface area contributed by atoms with Crippen molar-refractivity contribution in [3.63, 3.8) is 0 Å². The molecule has 2 N–H and O–H groups in total. The Bertz CT molecular complexity index is 907. The molecule has 0 aliphatic carbocycles. The number of hydrogen-bond acceptors (Lipinski definition) is 7. The molecule has 2 heterocycles. The standard InChI is InChI=1S/C15H13N5O2S2/c1-9-19-20-15(24-9)18-13(22)8-23-14-16-11(7-12(21)17-14)10-5-3-2-4-6-10/h2-7H,8H2,1H3,(H,16,17,21)(H,18,20,22). The zero-order valence-electron chi connectivity index (χ0n) is 12.6. The quantitative estimate of drug-likeness (QED) is 0.536. The third-order valence-corrected chi connectivity index (χ3v) is 4.53. The Morgan fingerprint density at radius 1 is 1.29 bits per heavy atom. The lowest BCUT2D eigenvalue weighted by molar-refractivity contribution is -0.113. The zero-order valence-corrected chi connectivity index (χ0v) is 14.3. The lowest BCUT2D eigenvalue weighted by Gasteiger charge is -2.04. The average Bonchev–Trinajstić information content (AvgIpc) is 2.98. The fraction of sp³-hybridized carbons (Fsp3) is 0.133. The summed E-state index contributed by atoms with van der Waals surface area (Å²) in [4.78, 5) is 30.7. The van der Waals surface area contributed by atoms with E-state index in [0.29, 0.717) is 16.0 Å². The summed E-state index contributed by atoms with van der Waals surface area (Å²) in [5, 5.41) is 12.0. The number of nitrogens with zero attached hydrogens (tertiary/aromatic N) is 3. The van der Waals surface area contributed by atoms with Crippen LogP contribution in [0.3, 0.4) is 0 Å². The first-order valence-electron chi connectivity index (χ1n) is 7.00. The van der Waals surface area contributed by atoms with E-state index in [9.17, 15) is 9.59 Å². The third kappa shape index (κ3) is 4.27. The van der Waals surface area contributed by atoms with E-state index < -0.39 is 0 Å². The first-order chi connectivity index (χ1) is 11.6. The van der Waals surface area contributed by atoms with Crippen LogP contribution < -0.4 is 10.9 Å². The molecule has 3 aromatic rings. The highest BCUT2D eigenvalue weighted by atomic mass is 32.2. The predicted molar refractivity (Wildman–Crippen MR) is 94.3 cm³/mol. The minimum Gasteiger partial charge on any atom is -0.301 e. The van der Waals surface area contributed by atoms with Gasteiger partial charge in [-0.05, 0) is 6.92 Å². The molecule has 2 aromatic heterocycles. The van der Waals surface area contributed by atoms with E-state index in [1.807, 2.05) is 37.3 Å². The van der Waals surface area contributed by atoms with Crippen molar-refractivity contribution in [1.82, 2.24) is 20.2 Å². The van der Waals surface area contributed by atoms with Crippen molar-refractivity contribution in [2.24, 2.45) is 0 Å². The summed E-state index contributed by atoms with van der Waals surface area (Å²) in [6.45, 7) is 1.81. The van der Waals surface area contributed by atoms with Gasteiger partial charge in [-0.15, -0.1) is 10.2 Å². The van der Waals surface area contributed by atoms with Crippen LogP contribution >= 0.6 is 23.1 Å². The molecule has 0 unspecified atom stereocenters. The Morgan fingerprint density at radius 3 is 2.79 bits per heavy atom. The van der Waals surface area contributed by atoms with E-state index in [4.69, 9.17) is 0 Å². The Kier molecular flexibility index (Phi) is 5.02. The number of nitrogens with one attached hydrogen (secondary N) is 2. The normalized spacial score (nSPS) is 10.5. The number of thioether (sulfide) groups is 1. The van der Waals surface area contributed by atoms with Crippen LogP contribution in [0.15, 0.2) is 46.3 Å². The molecule has 0 saturated carbocycles. The fourth-order valence-electron chi connectivity index (χ4n) is 1.90. The molecule has 1 amide bonds. The molecular formula is C15H13N5O2S2. The van der Waals surface area contributed by atoms with Gasteiger partial charge in [0.15, 0.2) is 5.16 Å². The molecule has 24 heavy (non-hydrogen) atoms. The number of anilines is 1. The SMILES string of the molecule is Cc1nnc(NC(=O)CSc2nc(-c3ccccc3)cc(=O)[nH]2)s1. The van der Waals surface area contributed by atoms with E-state index in [1.54, 1.807) is 0 Å². The third-order valence-electron chi connectivity index (χ3n) is 2.90. The average molecular weight is 359 g/mol. The smallest absolute Gasteiger partial charge is 0.252 e. The fourth-order valence-corrected chi connectivity index (χ4v) is 3.18. The van der Waals surface area contributed by atoms with Gasteiger partial charge in [0.25, 0.3) is 5.56 Å². The zero-order chi connectivity index (χ0) is 16.9. The van der Waals surface area contributed by atoms with Crippen molar-refractivity contribution in [3.8, 4) is 11.3 Å². The van der Waals surface area contributed by atoms with Gasteiger partial charge in [-0.1, -0.05) is 53.4 Å². The molecular weight excluding hydrogens is 346 g/mol. The van der Waals surface area contributed by atoms with E-state index in [-0.39, 0.29) is 17.2 Å². The van der Waals surface area contributed by atoms with Crippen LogP contribution in [0.25, 0.3) is 11.3 Å². The van der Waals surface area contributed by atoms with Gasteiger partial charge in [0.05, 0.1) is 11.4 Å². The van der Waals surface area contributed by atoms with E-state index in [1.165, 1.54) is 17.4 Å². The second-order valence-corrected chi connectivity index (χ2v) is 6.91. The Balaban J connectivity index is 1.68. The van der Waals surface area contributed by atoms with Crippen LogP contribution in [0.2, 0.25) is 0 Å². The molecule has 0 atom stereocenters. The van der Waals surface area contributed by atoms with Gasteiger partial charge in [-0.25, -0.2) is 4.98 Å². The number of aromatic nitrogens is 4. The summed E-state index contributed by atoms with van der Waals surface area (Å²) < 4.78 is 0. The summed E-state index contributed by atoms with van der Waals surface area (Å²) in [5.41, 5.74) is 1.16. The number of amides is 1. The van der Waals surface area contributed by atoms with Gasteiger partial charge in [0, 0.05) is 11.6 Å². The molecule has 0 spiro atoms. The molecule has 0 bridgehead atoms. The van der Waals surface area contributed by atoms with Gasteiger partial charge in [-0.3, -0.25) is 14.9 Å². The maximum Gasteiger partial charge on any atom is 0.252 e. The monoisotopic (exact) mass is 359 g/mol. The van der Waals surface area contributed by atoms with Crippen LogP contribution in [0, 0.1) is 6.92 Å². The predicted octanol–water partition coefficient (Wildman–Crippen LogP) is 2.33. The molecule has 122 valence electrons. The minimum atomic E-state index is -0.258. The molecule has 3 rings (SSSR count). The molecule has 0 radical (unpaired) electrons. The number of aryl methyl sites for hydroxylation is 1. The number of carbonyl (C=O) groups is 1. The maximum atomic E-state index is 11.9. The van der Waals surface area contributed by atoms with Crippen molar-refractivity contribution in [3.05, 3.63) is 51.8 Å². The lowest BCUT2D eigenvalue weighted by Crippen LogP contribution is -2.15. The molecule has 0 aliphatic heterocycles. The Morgan fingerprint density at radius 2 is 2.08 bits per heavy atom. The number of aromatic amines is 1.